The molecule has 0 saturated carbocycles. The van der Waals surface area contributed by atoms with Gasteiger partial charge in [-0.05, 0) is 30.5 Å². The van der Waals surface area contributed by atoms with E-state index in [4.69, 9.17) is 5.11 Å². The Labute approximate surface area is 126 Å². The number of aliphatic carboxylic acids is 1. The normalized spacial score (nSPS) is 21.7. The molecule has 0 radical (unpaired) electrons. The summed E-state index contributed by atoms with van der Waals surface area (Å²) in [5.41, 5.74) is 0.205. The van der Waals surface area contributed by atoms with Gasteiger partial charge < -0.3 is 14.7 Å². The molecule has 22 heavy (non-hydrogen) atoms. The van der Waals surface area contributed by atoms with Crippen molar-refractivity contribution in [2.24, 2.45) is 11.8 Å². The maximum atomic E-state index is 12.4. The van der Waals surface area contributed by atoms with Crippen LogP contribution in [0.2, 0.25) is 0 Å². The third-order valence-electron chi connectivity index (χ3n) is 3.60. The molecule has 1 heterocycles. The fraction of sp³-hybridized carbons (Fsp3) is 0.467. The summed E-state index contributed by atoms with van der Waals surface area (Å²) in [6, 6.07) is 5.52. The Bertz CT molecular complexity index is 564. The van der Waals surface area contributed by atoms with Crippen molar-refractivity contribution in [3.8, 4) is 5.75 Å². The number of rotatable bonds is 4. The Hall–Kier alpha value is -2.18. The fourth-order valence-electron chi connectivity index (χ4n) is 2.68. The highest BCUT2D eigenvalue weighted by molar-refractivity contribution is 5.95. The molecule has 1 aromatic carbocycles. The molecule has 0 aromatic heterocycles. The summed E-state index contributed by atoms with van der Waals surface area (Å²) >= 11 is 0. The summed E-state index contributed by atoms with van der Waals surface area (Å²) < 4.78 is 28.7. The largest absolute Gasteiger partial charge is 0.481 e. The highest BCUT2D eigenvalue weighted by atomic mass is 19.3. The van der Waals surface area contributed by atoms with E-state index in [9.17, 15) is 18.4 Å². The van der Waals surface area contributed by atoms with E-state index >= 15 is 0 Å². The molecule has 1 aromatic rings. The molecule has 1 aliphatic rings. The van der Waals surface area contributed by atoms with E-state index in [0.717, 1.165) is 0 Å². The number of nitrogens with zero attached hydrogens (tertiary/aromatic N) is 1. The number of carbonyl (C=O) groups excluding carboxylic acids is 1. The Morgan fingerprint density at radius 2 is 2.09 bits per heavy atom. The molecular weight excluding hydrogens is 296 g/mol. The zero-order valence-corrected chi connectivity index (χ0v) is 12.0. The van der Waals surface area contributed by atoms with Crippen molar-refractivity contribution in [3.63, 3.8) is 0 Å². The lowest BCUT2D eigenvalue weighted by molar-refractivity contribution is -0.143. The number of carboxylic acids is 1. The lowest BCUT2D eigenvalue weighted by Gasteiger charge is -2.34. The monoisotopic (exact) mass is 313 g/mol. The van der Waals surface area contributed by atoms with Crippen molar-refractivity contribution in [2.45, 2.75) is 20.0 Å². The number of amides is 1. The van der Waals surface area contributed by atoms with E-state index in [1.807, 2.05) is 6.92 Å². The number of hydrogen-bond acceptors (Lipinski definition) is 3. The van der Waals surface area contributed by atoms with Crippen LogP contribution >= 0.6 is 0 Å². The first kappa shape index (κ1) is 16.2. The van der Waals surface area contributed by atoms with Crippen LogP contribution in [0.25, 0.3) is 0 Å². The van der Waals surface area contributed by atoms with Gasteiger partial charge in [-0.2, -0.15) is 8.78 Å². The molecular formula is C15H17F2NO4. The molecule has 7 heteroatoms. The number of carboxylic acid groups (broad SMARTS) is 1. The molecule has 1 fully saturated rings. The maximum absolute atomic E-state index is 12.4. The molecule has 1 amide bonds. The van der Waals surface area contributed by atoms with Gasteiger partial charge in [-0.3, -0.25) is 9.59 Å². The lowest BCUT2D eigenvalue weighted by Crippen LogP contribution is -2.45. The van der Waals surface area contributed by atoms with Crippen molar-refractivity contribution in [3.05, 3.63) is 29.8 Å². The molecule has 0 bridgehead atoms. The summed E-state index contributed by atoms with van der Waals surface area (Å²) in [5, 5.41) is 9.13. The highest BCUT2D eigenvalue weighted by Gasteiger charge is 2.32. The van der Waals surface area contributed by atoms with Crippen molar-refractivity contribution in [2.75, 3.05) is 13.1 Å². The van der Waals surface area contributed by atoms with Crippen LogP contribution in [0.1, 0.15) is 23.7 Å². The van der Waals surface area contributed by atoms with Gasteiger partial charge in [0.25, 0.3) is 5.91 Å². The standard InChI is InChI=1S/C15H17F2NO4/c1-9-5-11(14(20)21)8-18(7-9)13(19)10-3-2-4-12(6-10)22-15(16)17/h2-4,6,9,11,15H,5,7-8H2,1H3,(H,20,21). The van der Waals surface area contributed by atoms with E-state index in [1.165, 1.54) is 29.2 Å². The quantitative estimate of drug-likeness (QED) is 0.927. The van der Waals surface area contributed by atoms with Crippen molar-refractivity contribution in [1.82, 2.24) is 4.90 Å². The number of benzene rings is 1. The van der Waals surface area contributed by atoms with Crippen LogP contribution < -0.4 is 4.74 Å². The van der Waals surface area contributed by atoms with Crippen LogP contribution in [0.3, 0.4) is 0 Å². The summed E-state index contributed by atoms with van der Waals surface area (Å²) in [4.78, 5) is 25.0. The molecule has 2 atom stereocenters. The predicted octanol–water partition coefficient (Wildman–Crippen LogP) is 2.47. The van der Waals surface area contributed by atoms with Crippen molar-refractivity contribution >= 4 is 11.9 Å². The molecule has 2 rings (SSSR count). The van der Waals surface area contributed by atoms with E-state index in [0.29, 0.717) is 13.0 Å². The average molecular weight is 313 g/mol. The van der Waals surface area contributed by atoms with Gasteiger partial charge in [-0.25, -0.2) is 0 Å². The number of carbonyl (C=O) groups is 2. The van der Waals surface area contributed by atoms with Gasteiger partial charge in [-0.15, -0.1) is 0 Å². The number of ether oxygens (including phenoxy) is 1. The third kappa shape index (κ3) is 3.93. The molecule has 1 N–H and O–H groups in total. The van der Waals surface area contributed by atoms with Gasteiger partial charge in [0, 0.05) is 18.7 Å². The Balaban J connectivity index is 2.14. The summed E-state index contributed by atoms with van der Waals surface area (Å²) in [6.45, 7) is -0.510. The second kappa shape index (κ2) is 6.72. The number of hydrogen-bond donors (Lipinski definition) is 1. The SMILES string of the molecule is CC1CC(C(=O)O)CN(C(=O)c2cccc(OC(F)F)c2)C1. The first-order chi connectivity index (χ1) is 10.4. The third-order valence-corrected chi connectivity index (χ3v) is 3.60. The highest BCUT2D eigenvalue weighted by Crippen LogP contribution is 2.24. The summed E-state index contributed by atoms with van der Waals surface area (Å²) in [5.74, 6) is -1.94. The van der Waals surface area contributed by atoms with Crippen LogP contribution in [-0.2, 0) is 4.79 Å². The van der Waals surface area contributed by atoms with E-state index in [-0.39, 0.29) is 29.7 Å². The number of likely N-dealkylation sites (tertiary alicyclic amines) is 1. The zero-order chi connectivity index (χ0) is 16.3. The second-order valence-corrected chi connectivity index (χ2v) is 5.49. The molecule has 5 nitrogen and oxygen atoms in total. The first-order valence-electron chi connectivity index (χ1n) is 6.93. The zero-order valence-electron chi connectivity index (χ0n) is 12.0. The van der Waals surface area contributed by atoms with Gasteiger partial charge in [0.15, 0.2) is 0 Å². The van der Waals surface area contributed by atoms with Crippen molar-refractivity contribution < 1.29 is 28.2 Å². The summed E-state index contributed by atoms with van der Waals surface area (Å²) in [6.07, 6.45) is 0.521. The van der Waals surface area contributed by atoms with E-state index in [2.05, 4.69) is 4.74 Å². The maximum Gasteiger partial charge on any atom is 0.387 e. The fourth-order valence-corrected chi connectivity index (χ4v) is 2.68. The first-order valence-corrected chi connectivity index (χ1v) is 6.93. The van der Waals surface area contributed by atoms with Crippen LogP contribution in [-0.4, -0.2) is 41.6 Å². The number of alkyl halides is 2. The van der Waals surface area contributed by atoms with Gasteiger partial charge in [-0.1, -0.05) is 13.0 Å². The Morgan fingerprint density at radius 3 is 2.73 bits per heavy atom. The molecule has 1 saturated heterocycles. The number of halogens is 2. The van der Waals surface area contributed by atoms with E-state index in [1.54, 1.807) is 0 Å². The topological polar surface area (TPSA) is 66.8 Å². The lowest BCUT2D eigenvalue weighted by atomic mass is 9.90. The Kier molecular flexibility index (Phi) is 4.95. The van der Waals surface area contributed by atoms with Crippen LogP contribution in [0, 0.1) is 11.8 Å². The van der Waals surface area contributed by atoms with Crippen LogP contribution in [0.15, 0.2) is 24.3 Å². The van der Waals surface area contributed by atoms with Crippen molar-refractivity contribution in [1.29, 1.82) is 0 Å². The van der Waals surface area contributed by atoms with Gasteiger partial charge in [0.2, 0.25) is 0 Å². The molecule has 2 unspecified atom stereocenters. The van der Waals surface area contributed by atoms with Gasteiger partial charge in [0.1, 0.15) is 5.75 Å². The average Bonchev–Trinajstić information content (AvgIpc) is 2.45. The smallest absolute Gasteiger partial charge is 0.387 e. The second-order valence-electron chi connectivity index (χ2n) is 5.49. The Morgan fingerprint density at radius 1 is 1.36 bits per heavy atom. The minimum atomic E-state index is -2.96. The molecule has 0 spiro atoms. The van der Waals surface area contributed by atoms with Crippen LogP contribution in [0.4, 0.5) is 8.78 Å². The molecule has 0 aliphatic carbocycles. The number of piperidine rings is 1. The van der Waals surface area contributed by atoms with E-state index < -0.39 is 18.5 Å². The summed E-state index contributed by atoms with van der Waals surface area (Å²) in [7, 11) is 0. The predicted molar refractivity (Wildman–Crippen MR) is 73.9 cm³/mol. The minimum Gasteiger partial charge on any atom is -0.481 e. The van der Waals surface area contributed by atoms with Gasteiger partial charge >= 0.3 is 12.6 Å². The van der Waals surface area contributed by atoms with Crippen LogP contribution in [0.5, 0.6) is 5.75 Å². The molecule has 1 aliphatic heterocycles. The van der Waals surface area contributed by atoms with Gasteiger partial charge in [0.05, 0.1) is 5.92 Å². The molecule has 120 valence electrons. The minimum absolute atomic E-state index is 0.0688.